The first kappa shape index (κ1) is 18.8. The SMILES string of the molecule is CN(CC(CCc1ccccc1)C(=O)O)C(=O)N1CCC[C@@H]1C(=O)O. The number of aliphatic carboxylic acids is 2. The van der Waals surface area contributed by atoms with Gasteiger partial charge in [-0.05, 0) is 31.2 Å². The van der Waals surface area contributed by atoms with Gasteiger partial charge in [-0.25, -0.2) is 9.59 Å². The average Bonchev–Trinajstić information content (AvgIpc) is 3.08. The molecular formula is C18H24N2O5. The fourth-order valence-electron chi connectivity index (χ4n) is 3.16. The summed E-state index contributed by atoms with van der Waals surface area (Å²) >= 11 is 0. The molecule has 0 aromatic heterocycles. The fourth-order valence-corrected chi connectivity index (χ4v) is 3.16. The second-order valence-electron chi connectivity index (χ2n) is 6.41. The van der Waals surface area contributed by atoms with E-state index in [4.69, 9.17) is 0 Å². The maximum absolute atomic E-state index is 12.5. The molecule has 0 radical (unpaired) electrons. The van der Waals surface area contributed by atoms with E-state index in [0.29, 0.717) is 32.2 Å². The molecule has 0 aliphatic carbocycles. The molecule has 1 saturated heterocycles. The molecule has 25 heavy (non-hydrogen) atoms. The van der Waals surface area contributed by atoms with Crippen molar-refractivity contribution in [1.29, 1.82) is 0 Å². The van der Waals surface area contributed by atoms with Crippen molar-refractivity contribution in [2.45, 2.75) is 31.7 Å². The summed E-state index contributed by atoms with van der Waals surface area (Å²) in [4.78, 5) is 37.9. The van der Waals surface area contributed by atoms with Gasteiger partial charge in [0.05, 0.1) is 5.92 Å². The van der Waals surface area contributed by atoms with E-state index in [2.05, 4.69) is 0 Å². The van der Waals surface area contributed by atoms with Crippen LogP contribution < -0.4 is 0 Å². The molecule has 1 fully saturated rings. The summed E-state index contributed by atoms with van der Waals surface area (Å²) in [5, 5.41) is 18.6. The fraction of sp³-hybridized carbons (Fsp3) is 0.500. The lowest BCUT2D eigenvalue weighted by Gasteiger charge is -2.29. The first-order valence-electron chi connectivity index (χ1n) is 8.41. The summed E-state index contributed by atoms with van der Waals surface area (Å²) < 4.78 is 0. The summed E-state index contributed by atoms with van der Waals surface area (Å²) in [6, 6.07) is 8.35. The second-order valence-corrected chi connectivity index (χ2v) is 6.41. The van der Waals surface area contributed by atoms with Crippen molar-refractivity contribution in [1.82, 2.24) is 9.80 Å². The molecule has 1 unspecified atom stereocenters. The van der Waals surface area contributed by atoms with Gasteiger partial charge in [0.2, 0.25) is 0 Å². The highest BCUT2D eigenvalue weighted by Crippen LogP contribution is 2.20. The van der Waals surface area contributed by atoms with Crippen LogP contribution in [0.3, 0.4) is 0 Å². The van der Waals surface area contributed by atoms with E-state index in [1.54, 1.807) is 0 Å². The molecule has 7 nitrogen and oxygen atoms in total. The quantitative estimate of drug-likeness (QED) is 0.784. The Kier molecular flexibility index (Phi) is 6.38. The largest absolute Gasteiger partial charge is 0.481 e. The zero-order chi connectivity index (χ0) is 18.4. The van der Waals surface area contributed by atoms with Gasteiger partial charge < -0.3 is 20.0 Å². The van der Waals surface area contributed by atoms with E-state index in [1.807, 2.05) is 30.3 Å². The second kappa shape index (κ2) is 8.50. The van der Waals surface area contributed by atoms with Gasteiger partial charge >= 0.3 is 18.0 Å². The van der Waals surface area contributed by atoms with E-state index in [1.165, 1.54) is 16.8 Å². The predicted octanol–water partition coefficient (Wildman–Crippen LogP) is 1.92. The standard InChI is InChI=1S/C18H24N2O5/c1-19(18(25)20-11-5-8-15(20)17(23)24)12-14(16(21)22)10-9-13-6-3-2-4-7-13/h2-4,6-7,14-15H,5,8-12H2,1H3,(H,21,22)(H,23,24)/t14?,15-/m1/s1. The minimum atomic E-state index is -1.02. The topological polar surface area (TPSA) is 98.2 Å². The molecule has 2 rings (SSSR count). The van der Waals surface area contributed by atoms with Crippen LogP contribution in [-0.4, -0.2) is 64.2 Å². The van der Waals surface area contributed by atoms with E-state index in [9.17, 15) is 24.6 Å². The molecule has 0 saturated carbocycles. The van der Waals surface area contributed by atoms with Crippen LogP contribution in [0, 0.1) is 5.92 Å². The van der Waals surface area contributed by atoms with Crippen LogP contribution >= 0.6 is 0 Å². The molecule has 1 heterocycles. The minimum absolute atomic E-state index is 0.0594. The number of carboxylic acid groups (broad SMARTS) is 2. The maximum Gasteiger partial charge on any atom is 0.326 e. The predicted molar refractivity (Wildman–Crippen MR) is 91.3 cm³/mol. The number of hydrogen-bond acceptors (Lipinski definition) is 3. The molecular weight excluding hydrogens is 324 g/mol. The third kappa shape index (κ3) is 4.95. The smallest absolute Gasteiger partial charge is 0.326 e. The molecule has 2 N–H and O–H groups in total. The Morgan fingerprint density at radius 2 is 1.92 bits per heavy atom. The Labute approximate surface area is 146 Å². The lowest BCUT2D eigenvalue weighted by Crippen LogP contribution is -2.48. The maximum atomic E-state index is 12.5. The summed E-state index contributed by atoms with van der Waals surface area (Å²) in [5.74, 6) is -2.66. The summed E-state index contributed by atoms with van der Waals surface area (Å²) in [5.41, 5.74) is 1.05. The molecule has 1 aromatic rings. The van der Waals surface area contributed by atoms with Gasteiger partial charge in [0.15, 0.2) is 0 Å². The number of urea groups is 1. The normalized spacial score (nSPS) is 18.0. The molecule has 2 amide bonds. The van der Waals surface area contributed by atoms with E-state index >= 15 is 0 Å². The van der Waals surface area contributed by atoms with Crippen LogP contribution in [0.25, 0.3) is 0 Å². The molecule has 0 bridgehead atoms. The van der Waals surface area contributed by atoms with Crippen LogP contribution in [0.4, 0.5) is 4.79 Å². The number of rotatable bonds is 7. The number of carbonyl (C=O) groups is 3. The number of likely N-dealkylation sites (tertiary alicyclic amines) is 1. The molecule has 136 valence electrons. The summed E-state index contributed by atoms with van der Waals surface area (Å²) in [7, 11) is 1.53. The van der Waals surface area contributed by atoms with Gasteiger partial charge in [-0.15, -0.1) is 0 Å². The Morgan fingerprint density at radius 1 is 1.24 bits per heavy atom. The van der Waals surface area contributed by atoms with Crippen molar-refractivity contribution < 1.29 is 24.6 Å². The number of carboxylic acids is 2. The number of amides is 2. The Morgan fingerprint density at radius 3 is 2.52 bits per heavy atom. The van der Waals surface area contributed by atoms with Crippen molar-refractivity contribution >= 4 is 18.0 Å². The number of carbonyl (C=O) groups excluding carboxylic acids is 1. The van der Waals surface area contributed by atoms with Crippen molar-refractivity contribution in [2.24, 2.45) is 5.92 Å². The van der Waals surface area contributed by atoms with E-state index in [0.717, 1.165) is 5.56 Å². The van der Waals surface area contributed by atoms with Crippen molar-refractivity contribution in [3.8, 4) is 0 Å². The van der Waals surface area contributed by atoms with Crippen molar-refractivity contribution in [3.05, 3.63) is 35.9 Å². The zero-order valence-corrected chi connectivity index (χ0v) is 14.3. The van der Waals surface area contributed by atoms with Crippen molar-refractivity contribution in [2.75, 3.05) is 20.1 Å². The van der Waals surface area contributed by atoms with Crippen LogP contribution in [0.2, 0.25) is 0 Å². The highest BCUT2D eigenvalue weighted by Gasteiger charge is 2.36. The Bertz CT molecular complexity index is 619. The number of benzene rings is 1. The molecule has 0 spiro atoms. The lowest BCUT2D eigenvalue weighted by molar-refractivity contribution is -0.143. The first-order valence-corrected chi connectivity index (χ1v) is 8.41. The van der Waals surface area contributed by atoms with E-state index < -0.39 is 29.9 Å². The van der Waals surface area contributed by atoms with Crippen LogP contribution in [0.15, 0.2) is 30.3 Å². The zero-order valence-electron chi connectivity index (χ0n) is 14.3. The van der Waals surface area contributed by atoms with Gasteiger partial charge in [-0.1, -0.05) is 30.3 Å². The molecule has 7 heteroatoms. The van der Waals surface area contributed by atoms with Gasteiger partial charge in [-0.2, -0.15) is 0 Å². The van der Waals surface area contributed by atoms with Gasteiger partial charge in [0.1, 0.15) is 6.04 Å². The minimum Gasteiger partial charge on any atom is -0.481 e. The molecule has 1 aliphatic heterocycles. The third-order valence-electron chi connectivity index (χ3n) is 4.58. The highest BCUT2D eigenvalue weighted by molar-refractivity contribution is 5.83. The first-order chi connectivity index (χ1) is 11.9. The summed E-state index contributed by atoms with van der Waals surface area (Å²) in [6.07, 6.45) is 2.11. The third-order valence-corrected chi connectivity index (χ3v) is 4.58. The van der Waals surface area contributed by atoms with E-state index in [-0.39, 0.29) is 6.54 Å². The van der Waals surface area contributed by atoms with Crippen LogP contribution in [0.5, 0.6) is 0 Å². The van der Waals surface area contributed by atoms with Gasteiger partial charge in [-0.3, -0.25) is 4.79 Å². The van der Waals surface area contributed by atoms with Gasteiger partial charge in [0.25, 0.3) is 0 Å². The van der Waals surface area contributed by atoms with Crippen LogP contribution in [0.1, 0.15) is 24.8 Å². The number of nitrogens with zero attached hydrogens (tertiary/aromatic N) is 2. The van der Waals surface area contributed by atoms with Crippen molar-refractivity contribution in [3.63, 3.8) is 0 Å². The number of hydrogen-bond donors (Lipinski definition) is 2. The lowest BCUT2D eigenvalue weighted by atomic mass is 9.99. The Hall–Kier alpha value is -2.57. The Balaban J connectivity index is 1.95. The van der Waals surface area contributed by atoms with Gasteiger partial charge in [0, 0.05) is 20.1 Å². The molecule has 1 aliphatic rings. The monoisotopic (exact) mass is 348 g/mol. The molecule has 1 aromatic carbocycles. The van der Waals surface area contributed by atoms with Crippen LogP contribution in [-0.2, 0) is 16.0 Å². The highest BCUT2D eigenvalue weighted by atomic mass is 16.4. The summed E-state index contributed by atoms with van der Waals surface area (Å²) in [6.45, 7) is 0.450. The average molecular weight is 348 g/mol. The molecule has 2 atom stereocenters. The number of aryl methyl sites for hydroxylation is 1.